The lowest BCUT2D eigenvalue weighted by atomic mass is 10.1. The van der Waals surface area contributed by atoms with Crippen molar-refractivity contribution in [1.82, 2.24) is 9.55 Å². The predicted molar refractivity (Wildman–Crippen MR) is 85.6 cm³/mol. The summed E-state index contributed by atoms with van der Waals surface area (Å²) in [5, 5.41) is 1.21. The van der Waals surface area contributed by atoms with Crippen LogP contribution in [0.25, 0.3) is 10.9 Å². The summed E-state index contributed by atoms with van der Waals surface area (Å²) in [4.78, 5) is 4.38. The zero-order valence-corrected chi connectivity index (χ0v) is 13.3. The molecule has 1 saturated heterocycles. The van der Waals surface area contributed by atoms with E-state index in [1.165, 1.54) is 10.9 Å². The van der Waals surface area contributed by atoms with E-state index < -0.39 is 5.79 Å². The average molecular weight is 298 g/mol. The largest absolute Gasteiger partial charge is 0.344 e. The fraction of sp³-hybridized carbons (Fsp3) is 0.500. The van der Waals surface area contributed by atoms with Gasteiger partial charge >= 0.3 is 0 Å². The summed E-state index contributed by atoms with van der Waals surface area (Å²) < 4.78 is 14.7. The van der Waals surface area contributed by atoms with E-state index in [0.717, 1.165) is 12.1 Å². The zero-order chi connectivity index (χ0) is 15.5. The van der Waals surface area contributed by atoms with Crippen molar-refractivity contribution in [2.75, 3.05) is 0 Å². The van der Waals surface area contributed by atoms with Gasteiger partial charge in [-0.05, 0) is 39.3 Å². The molecule has 0 N–H and O–H groups in total. The summed E-state index contributed by atoms with van der Waals surface area (Å²) in [7, 11) is 0. The molecule has 0 amide bonds. The van der Waals surface area contributed by atoms with Gasteiger partial charge in [0, 0.05) is 29.4 Å². The SMILES string of the molecule is C=CC1C[C@@H](n2ccc3c(C)nccc32)[C@@H]2OC(C)(C)O[C@H]12. The van der Waals surface area contributed by atoms with Crippen LogP contribution in [-0.4, -0.2) is 27.5 Å². The normalized spacial score (nSPS) is 33.2. The molecule has 2 fully saturated rings. The first-order valence-electron chi connectivity index (χ1n) is 7.90. The van der Waals surface area contributed by atoms with Crippen molar-refractivity contribution in [3.05, 3.63) is 42.9 Å². The lowest BCUT2D eigenvalue weighted by molar-refractivity contribution is -0.158. The van der Waals surface area contributed by atoms with E-state index in [0.29, 0.717) is 5.92 Å². The van der Waals surface area contributed by atoms with Crippen LogP contribution in [0.4, 0.5) is 0 Å². The Morgan fingerprint density at radius 2 is 2.09 bits per heavy atom. The number of aromatic nitrogens is 2. The highest BCUT2D eigenvalue weighted by atomic mass is 16.8. The lowest BCUT2D eigenvalue weighted by Gasteiger charge is -2.24. The Morgan fingerprint density at radius 1 is 1.32 bits per heavy atom. The quantitative estimate of drug-likeness (QED) is 0.795. The van der Waals surface area contributed by atoms with Gasteiger partial charge in [-0.1, -0.05) is 6.08 Å². The van der Waals surface area contributed by atoms with E-state index in [1.807, 2.05) is 26.1 Å². The highest BCUT2D eigenvalue weighted by molar-refractivity contribution is 5.82. The number of fused-ring (bicyclic) bond motifs is 2. The Labute approximate surface area is 130 Å². The first-order chi connectivity index (χ1) is 10.5. The van der Waals surface area contributed by atoms with E-state index in [9.17, 15) is 0 Å². The van der Waals surface area contributed by atoms with Crippen molar-refractivity contribution >= 4 is 10.9 Å². The first kappa shape index (κ1) is 14.0. The van der Waals surface area contributed by atoms with Gasteiger partial charge in [-0.15, -0.1) is 6.58 Å². The molecule has 2 aromatic heterocycles. The maximum Gasteiger partial charge on any atom is 0.163 e. The molecule has 1 unspecified atom stereocenters. The Kier molecular flexibility index (Phi) is 2.97. The molecule has 2 aliphatic rings. The van der Waals surface area contributed by atoms with Gasteiger partial charge in [0.15, 0.2) is 5.79 Å². The number of hydrogen-bond donors (Lipinski definition) is 0. The van der Waals surface area contributed by atoms with Crippen molar-refractivity contribution in [3.63, 3.8) is 0 Å². The fourth-order valence-electron chi connectivity index (χ4n) is 4.01. The fourth-order valence-corrected chi connectivity index (χ4v) is 4.01. The average Bonchev–Trinajstić information content (AvgIpc) is 3.10. The van der Waals surface area contributed by atoms with Crippen LogP contribution in [0.15, 0.2) is 37.2 Å². The number of nitrogens with zero attached hydrogens (tertiary/aromatic N) is 2. The molecule has 3 heterocycles. The highest BCUT2D eigenvalue weighted by Crippen LogP contribution is 2.48. The van der Waals surface area contributed by atoms with Crippen molar-refractivity contribution in [2.24, 2.45) is 5.92 Å². The Balaban J connectivity index is 1.78. The summed E-state index contributed by atoms with van der Waals surface area (Å²) >= 11 is 0. The Bertz CT molecular complexity index is 734. The molecule has 0 radical (unpaired) electrons. The van der Waals surface area contributed by atoms with Gasteiger partial charge in [0.25, 0.3) is 0 Å². The molecule has 1 aliphatic heterocycles. The van der Waals surface area contributed by atoms with E-state index in [4.69, 9.17) is 9.47 Å². The number of aryl methyl sites for hydroxylation is 1. The van der Waals surface area contributed by atoms with Crippen molar-refractivity contribution < 1.29 is 9.47 Å². The predicted octanol–water partition coefficient (Wildman–Crippen LogP) is 3.61. The van der Waals surface area contributed by atoms with Gasteiger partial charge in [0.2, 0.25) is 0 Å². The number of rotatable bonds is 2. The smallest absolute Gasteiger partial charge is 0.163 e. The van der Waals surface area contributed by atoms with Gasteiger partial charge in [0.1, 0.15) is 6.10 Å². The van der Waals surface area contributed by atoms with Crippen LogP contribution in [0.3, 0.4) is 0 Å². The van der Waals surface area contributed by atoms with Gasteiger partial charge in [-0.3, -0.25) is 4.98 Å². The van der Waals surface area contributed by atoms with Gasteiger partial charge in [0.05, 0.1) is 17.7 Å². The monoisotopic (exact) mass is 298 g/mol. The summed E-state index contributed by atoms with van der Waals surface area (Å²) in [6.45, 7) is 10.0. The molecule has 0 bridgehead atoms. The standard InChI is InChI=1S/C18H22N2O2/c1-5-12-10-15(17-16(12)21-18(3,4)22-17)20-9-7-13-11(2)19-8-6-14(13)20/h5-9,12,15-17H,1,10H2,2-4H3/t12?,15-,16-,17+/m1/s1. The van der Waals surface area contributed by atoms with Gasteiger partial charge < -0.3 is 14.0 Å². The Hall–Kier alpha value is -1.65. The second-order valence-electron chi connectivity index (χ2n) is 6.82. The third-order valence-electron chi connectivity index (χ3n) is 4.98. The number of pyridine rings is 1. The molecular weight excluding hydrogens is 276 g/mol. The number of hydrogen-bond acceptors (Lipinski definition) is 3. The molecule has 1 saturated carbocycles. The van der Waals surface area contributed by atoms with Gasteiger partial charge in [-0.25, -0.2) is 0 Å². The van der Waals surface area contributed by atoms with Crippen LogP contribution >= 0.6 is 0 Å². The minimum Gasteiger partial charge on any atom is -0.344 e. The molecule has 4 rings (SSSR count). The molecule has 4 nitrogen and oxygen atoms in total. The van der Waals surface area contributed by atoms with E-state index in [1.54, 1.807) is 0 Å². The molecule has 4 heteroatoms. The van der Waals surface area contributed by atoms with E-state index >= 15 is 0 Å². The van der Waals surface area contributed by atoms with Crippen LogP contribution in [0, 0.1) is 12.8 Å². The van der Waals surface area contributed by atoms with Crippen LogP contribution in [-0.2, 0) is 9.47 Å². The molecule has 4 atom stereocenters. The third kappa shape index (κ3) is 1.94. The molecule has 1 aliphatic carbocycles. The maximum absolute atomic E-state index is 6.21. The molecule has 22 heavy (non-hydrogen) atoms. The van der Waals surface area contributed by atoms with Crippen molar-refractivity contribution in [1.29, 1.82) is 0 Å². The minimum atomic E-state index is -0.518. The van der Waals surface area contributed by atoms with E-state index in [-0.39, 0.29) is 18.2 Å². The zero-order valence-electron chi connectivity index (χ0n) is 13.3. The minimum absolute atomic E-state index is 0.0714. The van der Waals surface area contributed by atoms with Crippen molar-refractivity contribution in [2.45, 2.75) is 51.2 Å². The van der Waals surface area contributed by atoms with Crippen LogP contribution < -0.4 is 0 Å². The van der Waals surface area contributed by atoms with Crippen LogP contribution in [0.5, 0.6) is 0 Å². The molecular formula is C18H22N2O2. The summed E-state index contributed by atoms with van der Waals surface area (Å²) in [6, 6.07) is 4.50. The highest BCUT2D eigenvalue weighted by Gasteiger charge is 2.53. The van der Waals surface area contributed by atoms with Gasteiger partial charge in [-0.2, -0.15) is 0 Å². The second-order valence-corrected chi connectivity index (χ2v) is 6.82. The summed E-state index contributed by atoms with van der Waals surface area (Å²) in [5.74, 6) is -0.187. The second kappa shape index (κ2) is 4.67. The van der Waals surface area contributed by atoms with E-state index in [2.05, 4.69) is 41.4 Å². The molecule has 0 aromatic carbocycles. The summed E-state index contributed by atoms with van der Waals surface area (Å²) in [6.07, 6.45) is 7.21. The third-order valence-corrected chi connectivity index (χ3v) is 4.98. The molecule has 0 spiro atoms. The molecule has 2 aromatic rings. The Morgan fingerprint density at radius 3 is 2.86 bits per heavy atom. The topological polar surface area (TPSA) is 36.3 Å². The molecule has 116 valence electrons. The lowest BCUT2D eigenvalue weighted by Crippen LogP contribution is -2.27. The van der Waals surface area contributed by atoms with Crippen molar-refractivity contribution in [3.8, 4) is 0 Å². The summed E-state index contributed by atoms with van der Waals surface area (Å²) in [5.41, 5.74) is 2.28. The maximum atomic E-state index is 6.21. The van der Waals surface area contributed by atoms with Crippen LogP contribution in [0.1, 0.15) is 32.0 Å². The van der Waals surface area contributed by atoms with Crippen LogP contribution in [0.2, 0.25) is 0 Å². The number of ether oxygens (including phenoxy) is 2. The first-order valence-corrected chi connectivity index (χ1v) is 7.90.